The van der Waals surface area contributed by atoms with Crippen molar-refractivity contribution < 1.29 is 0 Å². The van der Waals surface area contributed by atoms with Crippen molar-refractivity contribution in [2.45, 2.75) is 6.92 Å². The van der Waals surface area contributed by atoms with E-state index in [2.05, 4.69) is 35.3 Å². The summed E-state index contributed by atoms with van der Waals surface area (Å²) in [4.78, 5) is 0. The van der Waals surface area contributed by atoms with E-state index in [4.69, 9.17) is 0 Å². The first kappa shape index (κ1) is 13.0. The van der Waals surface area contributed by atoms with Crippen LogP contribution in [-0.2, 0) is 0 Å². The quantitative estimate of drug-likeness (QED) is 0.546. The number of rotatable bonds is 0. The molecule has 2 radical (unpaired) electrons. The molecule has 0 unspecified atom stereocenters. The van der Waals surface area contributed by atoms with Crippen molar-refractivity contribution >= 4 is 45.5 Å². The van der Waals surface area contributed by atoms with Crippen LogP contribution < -0.4 is 4.43 Å². The summed E-state index contributed by atoms with van der Waals surface area (Å²) in [6.07, 6.45) is 0. The van der Waals surface area contributed by atoms with Crippen LogP contribution in [0.4, 0.5) is 0 Å². The highest BCUT2D eigenvalue weighted by molar-refractivity contribution is 6.33. The molecule has 0 aliphatic rings. The lowest BCUT2D eigenvalue weighted by atomic mass is 10.2. The van der Waals surface area contributed by atoms with Gasteiger partial charge in [0.1, 0.15) is 0 Å². The molecule has 0 fully saturated rings. The predicted octanol–water partition coefficient (Wildman–Crippen LogP) is 1.63. The fourth-order valence-electron chi connectivity index (χ4n) is 0.587. The topological polar surface area (TPSA) is 0 Å². The van der Waals surface area contributed by atoms with Gasteiger partial charge in [0.05, 0.1) is 0 Å². The maximum absolute atomic E-state index is 2.69. The van der Waals surface area contributed by atoms with E-state index in [9.17, 15) is 0 Å². The number of halogens is 2. The molecule has 0 heterocycles. The molecule has 0 nitrogen and oxygen atoms in total. The summed E-state index contributed by atoms with van der Waals surface area (Å²) in [6, 6.07) is 8.26. The highest BCUT2D eigenvalue weighted by Gasteiger charge is 1.82. The Kier molecular flexibility index (Phi) is 7.87. The molecule has 0 amide bonds. The van der Waals surface area contributed by atoms with Crippen molar-refractivity contribution in [3.63, 3.8) is 0 Å². The van der Waals surface area contributed by atoms with Gasteiger partial charge in [0.15, 0.2) is 16.3 Å². The molecule has 1 aromatic rings. The zero-order valence-electron chi connectivity index (χ0n) is 5.70. The van der Waals surface area contributed by atoms with E-state index in [1.807, 2.05) is 12.1 Å². The lowest BCUT2D eigenvalue weighted by molar-refractivity contribution is 1.52. The summed E-state index contributed by atoms with van der Waals surface area (Å²) in [5.41, 5.74) is 1.33. The first-order valence-corrected chi connectivity index (χ1v) is 3.19. The summed E-state index contributed by atoms with van der Waals surface area (Å²) in [5, 5.41) is 0. The molecule has 0 spiro atoms. The smallest absolute Gasteiger partial charge is 0.147 e. The van der Waals surface area contributed by atoms with Gasteiger partial charge < -0.3 is 0 Å². The normalized spacial score (nSPS) is 7.30. The Morgan fingerprint density at radius 3 is 1.90 bits per heavy atom. The van der Waals surface area contributed by atoms with Gasteiger partial charge in [0.25, 0.3) is 0 Å². The Balaban J connectivity index is 0. The number of hydrogen-bond acceptors (Lipinski definition) is 0. The Bertz CT molecular complexity index is 168. The van der Waals surface area contributed by atoms with Crippen LogP contribution >= 0.6 is 24.8 Å². The van der Waals surface area contributed by atoms with Gasteiger partial charge in [-0.1, -0.05) is 29.8 Å². The Hall–Kier alpha value is 0.332. The van der Waals surface area contributed by atoms with Crippen molar-refractivity contribution in [1.82, 2.24) is 0 Å². The third-order valence-electron chi connectivity index (χ3n) is 1.19. The molecule has 0 atom stereocenters. The Labute approximate surface area is 82.3 Å². The maximum Gasteiger partial charge on any atom is 0.175 e. The molecule has 1 rings (SSSR count). The molecule has 54 valence electrons. The second-order valence-electron chi connectivity index (χ2n) is 1.86. The molecule has 0 aliphatic carbocycles. The van der Waals surface area contributed by atoms with Gasteiger partial charge in [-0.05, 0) is 6.92 Å². The van der Waals surface area contributed by atoms with Crippen molar-refractivity contribution in [1.29, 1.82) is 0 Å². The second-order valence-corrected chi connectivity index (χ2v) is 2.48. The van der Waals surface area contributed by atoms with E-state index in [0.29, 0.717) is 0 Å². The third-order valence-corrected chi connectivity index (χ3v) is 1.84. The molecule has 3 heteroatoms. The molecule has 1 aromatic carbocycles. The maximum atomic E-state index is 2.69. The zero-order valence-corrected chi connectivity index (χ0v) is 8.49. The van der Waals surface area contributed by atoms with Gasteiger partial charge in [-0.2, -0.15) is 0 Å². The first-order valence-electron chi connectivity index (χ1n) is 2.62. The van der Waals surface area contributed by atoms with Crippen molar-refractivity contribution in [3.8, 4) is 0 Å². The van der Waals surface area contributed by atoms with E-state index in [0.717, 1.165) is 0 Å². The highest BCUT2D eigenvalue weighted by Crippen LogP contribution is 1.88. The fraction of sp³-hybridized carbons (Fsp3) is 0.143. The average molecular weight is 191 g/mol. The van der Waals surface area contributed by atoms with E-state index >= 15 is 0 Å². The third kappa shape index (κ3) is 3.49. The molecule has 0 aliphatic heterocycles. The minimum atomic E-state index is 0. The Morgan fingerprint density at radius 2 is 1.60 bits per heavy atom. The molecular weight excluding hydrogens is 182 g/mol. The van der Waals surface area contributed by atoms with Crippen LogP contribution in [0.1, 0.15) is 5.56 Å². The van der Waals surface area contributed by atoms with E-state index in [-0.39, 0.29) is 24.8 Å². The SMILES string of the molecule is Cc1cccc[c]1[Al].Cl.Cl. The van der Waals surface area contributed by atoms with Gasteiger partial charge in [-0.3, -0.25) is 0 Å². The van der Waals surface area contributed by atoms with Crippen LogP contribution in [-0.4, -0.2) is 16.3 Å². The second kappa shape index (κ2) is 6.07. The van der Waals surface area contributed by atoms with Crippen LogP contribution in [0, 0.1) is 6.92 Å². The van der Waals surface area contributed by atoms with Crippen LogP contribution in [0.3, 0.4) is 0 Å². The summed E-state index contributed by atoms with van der Waals surface area (Å²) in [5.74, 6) is 0. The molecule has 0 N–H and O–H groups in total. The van der Waals surface area contributed by atoms with Crippen molar-refractivity contribution in [2.24, 2.45) is 0 Å². The van der Waals surface area contributed by atoms with Crippen LogP contribution in [0.25, 0.3) is 0 Å². The van der Waals surface area contributed by atoms with Crippen molar-refractivity contribution in [2.75, 3.05) is 0 Å². The number of benzene rings is 1. The molecular formula is C7H9AlCl2. The predicted molar refractivity (Wildman–Crippen MR) is 51.1 cm³/mol. The van der Waals surface area contributed by atoms with Gasteiger partial charge in [-0.15, -0.1) is 29.2 Å². The monoisotopic (exact) mass is 190 g/mol. The lowest BCUT2D eigenvalue weighted by Gasteiger charge is -1.95. The zero-order chi connectivity index (χ0) is 5.98. The number of hydrogen-bond donors (Lipinski definition) is 0. The van der Waals surface area contributed by atoms with E-state index < -0.39 is 0 Å². The molecule has 0 saturated heterocycles. The highest BCUT2D eigenvalue weighted by atomic mass is 35.5. The summed E-state index contributed by atoms with van der Waals surface area (Å²) >= 11 is 2.69. The fourth-order valence-corrected chi connectivity index (χ4v) is 0.794. The minimum Gasteiger partial charge on any atom is -0.147 e. The van der Waals surface area contributed by atoms with Gasteiger partial charge in [0.2, 0.25) is 0 Å². The molecule has 0 aromatic heterocycles. The van der Waals surface area contributed by atoms with Crippen molar-refractivity contribution in [3.05, 3.63) is 29.8 Å². The van der Waals surface area contributed by atoms with Gasteiger partial charge >= 0.3 is 0 Å². The van der Waals surface area contributed by atoms with Crippen LogP contribution in [0.15, 0.2) is 24.3 Å². The first-order chi connectivity index (χ1) is 3.80. The number of aryl methyl sites for hydroxylation is 1. The standard InChI is InChI=1S/C7H7.Al.2ClH/c1-7-5-3-2-4-6-7;;;/h2-5H,1H3;;2*1H. The summed E-state index contributed by atoms with van der Waals surface area (Å²) < 4.78 is 1.28. The van der Waals surface area contributed by atoms with E-state index in [1.165, 1.54) is 9.99 Å². The van der Waals surface area contributed by atoms with E-state index in [1.54, 1.807) is 0 Å². The Morgan fingerprint density at radius 1 is 1.10 bits per heavy atom. The largest absolute Gasteiger partial charge is 0.175 e. The van der Waals surface area contributed by atoms with Gasteiger partial charge in [0, 0.05) is 0 Å². The average Bonchev–Trinajstić information content (AvgIpc) is 1.77. The van der Waals surface area contributed by atoms with Crippen LogP contribution in [0.5, 0.6) is 0 Å². The molecule has 0 bridgehead atoms. The summed E-state index contributed by atoms with van der Waals surface area (Å²) in [7, 11) is 0. The molecule has 10 heavy (non-hydrogen) atoms. The summed E-state index contributed by atoms with van der Waals surface area (Å²) in [6.45, 7) is 2.10. The lowest BCUT2D eigenvalue weighted by Crippen LogP contribution is -2.04. The van der Waals surface area contributed by atoms with Crippen LogP contribution in [0.2, 0.25) is 0 Å². The minimum absolute atomic E-state index is 0. The molecule has 0 saturated carbocycles. The van der Waals surface area contributed by atoms with Gasteiger partial charge in [-0.25, -0.2) is 0 Å².